The van der Waals surface area contributed by atoms with Crippen LogP contribution in [0.4, 0.5) is 14.5 Å². The molecule has 0 saturated carbocycles. The number of carbonyl (C=O) groups excluding carboxylic acids is 1. The highest BCUT2D eigenvalue weighted by Crippen LogP contribution is 2.13. The number of aryl methyl sites for hydroxylation is 1. The van der Waals surface area contributed by atoms with E-state index in [0.29, 0.717) is 5.65 Å². The van der Waals surface area contributed by atoms with Gasteiger partial charge in [-0.15, -0.1) is 0 Å². The Hall–Kier alpha value is -3.09. The number of aromatic nitrogens is 2. The maximum absolute atomic E-state index is 13.2. The second-order valence-corrected chi connectivity index (χ2v) is 4.99. The lowest BCUT2D eigenvalue weighted by Crippen LogP contribution is -2.26. The first-order valence-corrected chi connectivity index (χ1v) is 6.70. The summed E-state index contributed by atoms with van der Waals surface area (Å²) >= 11 is 0. The third kappa shape index (κ3) is 2.80. The highest BCUT2D eigenvalue weighted by molar-refractivity contribution is 6.03. The quantitative estimate of drug-likeness (QED) is 0.790. The Bertz CT molecular complexity index is 983. The molecule has 1 amide bonds. The number of pyridine rings is 1. The molecule has 0 aliphatic rings. The molecule has 0 aliphatic carbocycles. The Labute approximate surface area is 129 Å². The van der Waals surface area contributed by atoms with Crippen LogP contribution in [0.5, 0.6) is 0 Å². The van der Waals surface area contributed by atoms with E-state index in [4.69, 9.17) is 0 Å². The highest BCUT2D eigenvalue weighted by Gasteiger charge is 2.14. The van der Waals surface area contributed by atoms with Crippen molar-refractivity contribution in [3.63, 3.8) is 0 Å². The highest BCUT2D eigenvalue weighted by atomic mass is 19.2. The van der Waals surface area contributed by atoms with Crippen LogP contribution in [0.2, 0.25) is 0 Å². The summed E-state index contributed by atoms with van der Waals surface area (Å²) in [6.45, 7) is 1.81. The lowest BCUT2D eigenvalue weighted by Gasteiger charge is -2.07. The van der Waals surface area contributed by atoms with E-state index in [-0.39, 0.29) is 11.3 Å². The molecule has 7 heteroatoms. The summed E-state index contributed by atoms with van der Waals surface area (Å²) in [5.74, 6) is -2.86. The summed E-state index contributed by atoms with van der Waals surface area (Å²) in [5.41, 5.74) is 0.545. The van der Waals surface area contributed by atoms with E-state index in [2.05, 4.69) is 10.3 Å². The molecule has 0 atom stereocenters. The van der Waals surface area contributed by atoms with Gasteiger partial charge >= 0.3 is 0 Å². The first-order valence-electron chi connectivity index (χ1n) is 6.70. The molecule has 0 bridgehead atoms. The molecule has 3 rings (SSSR count). The van der Waals surface area contributed by atoms with Crippen LogP contribution in [0, 0.1) is 18.6 Å². The first-order chi connectivity index (χ1) is 11.0. The van der Waals surface area contributed by atoms with E-state index in [1.807, 2.05) is 0 Å². The van der Waals surface area contributed by atoms with Crippen LogP contribution in [0.3, 0.4) is 0 Å². The van der Waals surface area contributed by atoms with Gasteiger partial charge in [-0.25, -0.2) is 13.8 Å². The van der Waals surface area contributed by atoms with Crippen molar-refractivity contribution in [2.75, 3.05) is 5.32 Å². The van der Waals surface area contributed by atoms with Crippen molar-refractivity contribution >= 4 is 17.2 Å². The van der Waals surface area contributed by atoms with Crippen LogP contribution in [-0.4, -0.2) is 15.3 Å². The molecule has 23 heavy (non-hydrogen) atoms. The van der Waals surface area contributed by atoms with Crippen molar-refractivity contribution < 1.29 is 13.6 Å². The molecule has 0 fully saturated rings. The fourth-order valence-corrected chi connectivity index (χ4v) is 2.11. The number of benzene rings is 1. The molecule has 0 unspecified atom stereocenters. The first kappa shape index (κ1) is 14.8. The van der Waals surface area contributed by atoms with Crippen LogP contribution in [0.15, 0.2) is 47.5 Å². The van der Waals surface area contributed by atoms with Crippen molar-refractivity contribution in [1.82, 2.24) is 9.38 Å². The standard InChI is InChI=1S/C16H11F2N3O2/c1-9-2-5-14-19-7-11(16(23)21(14)8-9)15(22)20-10-3-4-12(17)13(18)6-10/h2-8H,1H3,(H,20,22). The summed E-state index contributed by atoms with van der Waals surface area (Å²) in [6.07, 6.45) is 2.72. The molecular weight excluding hydrogens is 304 g/mol. The van der Waals surface area contributed by atoms with Crippen LogP contribution in [0.1, 0.15) is 15.9 Å². The van der Waals surface area contributed by atoms with Gasteiger partial charge in [-0.3, -0.25) is 14.0 Å². The topological polar surface area (TPSA) is 63.5 Å². The van der Waals surface area contributed by atoms with Gasteiger partial charge in [0.1, 0.15) is 11.2 Å². The Morgan fingerprint density at radius 3 is 2.70 bits per heavy atom. The van der Waals surface area contributed by atoms with Gasteiger partial charge in [0.25, 0.3) is 11.5 Å². The zero-order valence-electron chi connectivity index (χ0n) is 12.0. The summed E-state index contributed by atoms with van der Waals surface area (Å²) < 4.78 is 27.3. The van der Waals surface area contributed by atoms with Crippen molar-refractivity contribution in [2.45, 2.75) is 6.92 Å². The van der Waals surface area contributed by atoms with Crippen LogP contribution < -0.4 is 10.9 Å². The minimum atomic E-state index is -1.09. The average Bonchev–Trinajstić information content (AvgIpc) is 2.52. The van der Waals surface area contributed by atoms with Crippen LogP contribution >= 0.6 is 0 Å². The van der Waals surface area contributed by atoms with E-state index in [0.717, 1.165) is 23.9 Å². The van der Waals surface area contributed by atoms with Crippen molar-refractivity contribution in [3.8, 4) is 0 Å². The van der Waals surface area contributed by atoms with Crippen molar-refractivity contribution in [2.24, 2.45) is 0 Å². The smallest absolute Gasteiger partial charge is 0.270 e. The number of anilines is 1. The Balaban J connectivity index is 1.99. The number of halogens is 2. The number of nitrogens with zero attached hydrogens (tertiary/aromatic N) is 2. The minimum absolute atomic E-state index is 0.0441. The van der Waals surface area contributed by atoms with Gasteiger partial charge in [0.15, 0.2) is 11.6 Å². The molecular formula is C16H11F2N3O2. The molecule has 2 heterocycles. The molecule has 0 aliphatic heterocycles. The SMILES string of the molecule is Cc1ccc2ncc(C(=O)Nc3ccc(F)c(F)c3)c(=O)n2c1. The third-order valence-corrected chi connectivity index (χ3v) is 3.27. The summed E-state index contributed by atoms with van der Waals surface area (Å²) in [6, 6.07) is 6.38. The maximum Gasteiger partial charge on any atom is 0.270 e. The zero-order valence-corrected chi connectivity index (χ0v) is 12.0. The van der Waals surface area contributed by atoms with E-state index >= 15 is 0 Å². The number of carbonyl (C=O) groups is 1. The zero-order chi connectivity index (χ0) is 16.6. The number of amides is 1. The second kappa shape index (κ2) is 5.60. The van der Waals surface area contributed by atoms with Gasteiger partial charge in [-0.1, -0.05) is 6.07 Å². The summed E-state index contributed by atoms with van der Waals surface area (Å²) in [4.78, 5) is 28.6. The molecule has 0 radical (unpaired) electrons. The predicted octanol–water partition coefficient (Wildman–Crippen LogP) is 2.53. The van der Waals surface area contributed by atoms with E-state index < -0.39 is 23.1 Å². The Morgan fingerprint density at radius 2 is 1.96 bits per heavy atom. The van der Waals surface area contributed by atoms with Crippen molar-refractivity contribution in [3.05, 3.63) is 75.8 Å². The Kier molecular flexibility index (Phi) is 3.61. The van der Waals surface area contributed by atoms with Gasteiger partial charge in [0, 0.05) is 24.1 Å². The second-order valence-electron chi connectivity index (χ2n) is 4.99. The van der Waals surface area contributed by atoms with Gasteiger partial charge in [-0.05, 0) is 30.7 Å². The molecule has 116 valence electrons. The average molecular weight is 315 g/mol. The molecule has 0 saturated heterocycles. The summed E-state index contributed by atoms with van der Waals surface area (Å²) in [7, 11) is 0. The van der Waals surface area contributed by atoms with Gasteiger partial charge < -0.3 is 5.32 Å². The van der Waals surface area contributed by atoms with Crippen LogP contribution in [0.25, 0.3) is 5.65 Å². The molecule has 1 N–H and O–H groups in total. The monoisotopic (exact) mass is 315 g/mol. The van der Waals surface area contributed by atoms with E-state index in [9.17, 15) is 18.4 Å². The number of hydrogen-bond acceptors (Lipinski definition) is 3. The van der Waals surface area contributed by atoms with Crippen LogP contribution in [-0.2, 0) is 0 Å². The largest absolute Gasteiger partial charge is 0.322 e. The van der Waals surface area contributed by atoms with Gasteiger partial charge in [0.05, 0.1) is 0 Å². The molecule has 0 spiro atoms. The number of nitrogens with one attached hydrogen (secondary N) is 1. The van der Waals surface area contributed by atoms with Crippen molar-refractivity contribution in [1.29, 1.82) is 0 Å². The fraction of sp³-hybridized carbons (Fsp3) is 0.0625. The predicted molar refractivity (Wildman–Crippen MR) is 80.5 cm³/mol. The Morgan fingerprint density at radius 1 is 1.17 bits per heavy atom. The fourth-order valence-electron chi connectivity index (χ4n) is 2.11. The summed E-state index contributed by atoms with van der Waals surface area (Å²) in [5, 5.41) is 2.35. The molecule has 2 aromatic heterocycles. The lowest BCUT2D eigenvalue weighted by atomic mass is 10.2. The lowest BCUT2D eigenvalue weighted by molar-refractivity contribution is 0.102. The normalized spacial score (nSPS) is 10.7. The third-order valence-electron chi connectivity index (χ3n) is 3.27. The van der Waals surface area contributed by atoms with Gasteiger partial charge in [-0.2, -0.15) is 0 Å². The molecule has 5 nitrogen and oxygen atoms in total. The van der Waals surface area contributed by atoms with Gasteiger partial charge in [0.2, 0.25) is 0 Å². The maximum atomic E-state index is 13.2. The number of hydrogen-bond donors (Lipinski definition) is 1. The van der Waals surface area contributed by atoms with E-state index in [1.54, 1.807) is 25.3 Å². The molecule has 3 aromatic rings. The number of rotatable bonds is 2. The van der Waals surface area contributed by atoms with E-state index in [1.165, 1.54) is 10.5 Å². The minimum Gasteiger partial charge on any atom is -0.322 e. The molecule has 1 aromatic carbocycles. The number of fused-ring (bicyclic) bond motifs is 1.